The molecule has 0 radical (unpaired) electrons. The number of nitrogens with zero attached hydrogens (tertiary/aromatic N) is 1. The van der Waals surface area contributed by atoms with Crippen LogP contribution in [0.4, 0.5) is 0 Å². The van der Waals surface area contributed by atoms with Gasteiger partial charge in [0.25, 0.3) is 5.91 Å². The van der Waals surface area contributed by atoms with E-state index in [2.05, 4.69) is 10.2 Å². The van der Waals surface area contributed by atoms with E-state index >= 15 is 0 Å². The number of carbonyl (C=O) groups excluding carboxylic acids is 1. The van der Waals surface area contributed by atoms with Crippen LogP contribution in [0.5, 0.6) is 17.2 Å². The van der Waals surface area contributed by atoms with Gasteiger partial charge < -0.3 is 19.7 Å². The second-order valence-electron chi connectivity index (χ2n) is 7.12. The lowest BCUT2D eigenvalue weighted by molar-refractivity contribution is 0.0909. The molecule has 4 rings (SSSR count). The van der Waals surface area contributed by atoms with Crippen molar-refractivity contribution in [3.8, 4) is 17.2 Å². The highest BCUT2D eigenvalue weighted by atomic mass is 16.5. The van der Waals surface area contributed by atoms with Gasteiger partial charge in [-0.25, -0.2) is 0 Å². The van der Waals surface area contributed by atoms with Crippen molar-refractivity contribution in [3.05, 3.63) is 54.1 Å². The number of carbonyl (C=O) groups is 1. The number of rotatable bonds is 5. The average Bonchev–Trinajstić information content (AvgIpc) is 3.01. The van der Waals surface area contributed by atoms with Crippen LogP contribution in [0.2, 0.25) is 0 Å². The van der Waals surface area contributed by atoms with Crippen LogP contribution in [-0.2, 0) is 0 Å². The third-order valence-corrected chi connectivity index (χ3v) is 5.21. The van der Waals surface area contributed by atoms with Crippen LogP contribution in [0.15, 0.2) is 48.5 Å². The van der Waals surface area contributed by atoms with Gasteiger partial charge in [0.05, 0.1) is 7.11 Å². The number of piperidine rings is 1. The summed E-state index contributed by atoms with van der Waals surface area (Å²) in [5, 5.41) is 3.18. The lowest BCUT2D eigenvalue weighted by Gasteiger charge is -2.30. The topological polar surface area (TPSA) is 50.8 Å². The fourth-order valence-corrected chi connectivity index (χ4v) is 3.89. The zero-order chi connectivity index (χ0) is 17.9. The molecule has 0 saturated carbocycles. The maximum Gasteiger partial charge on any atom is 0.251 e. The molecule has 5 heteroatoms. The molecule has 2 fully saturated rings. The van der Waals surface area contributed by atoms with Gasteiger partial charge in [-0.3, -0.25) is 4.79 Å². The molecule has 2 heterocycles. The lowest BCUT2D eigenvalue weighted by atomic mass is 9.96. The van der Waals surface area contributed by atoms with Gasteiger partial charge in [-0.15, -0.1) is 0 Å². The van der Waals surface area contributed by atoms with Gasteiger partial charge in [0.1, 0.15) is 17.2 Å². The molecule has 2 bridgehead atoms. The van der Waals surface area contributed by atoms with Gasteiger partial charge in [-0.05, 0) is 73.8 Å². The number of benzene rings is 2. The third-order valence-electron chi connectivity index (χ3n) is 5.21. The van der Waals surface area contributed by atoms with E-state index in [0.717, 1.165) is 30.4 Å². The first kappa shape index (κ1) is 16.9. The van der Waals surface area contributed by atoms with Crippen LogP contribution in [0.3, 0.4) is 0 Å². The van der Waals surface area contributed by atoms with Crippen molar-refractivity contribution >= 4 is 5.91 Å². The summed E-state index contributed by atoms with van der Waals surface area (Å²) in [6.45, 7) is 3.35. The number of ether oxygens (including phenoxy) is 2. The van der Waals surface area contributed by atoms with Gasteiger partial charge >= 0.3 is 0 Å². The van der Waals surface area contributed by atoms with E-state index in [9.17, 15) is 4.79 Å². The van der Waals surface area contributed by atoms with Crippen LogP contribution < -0.4 is 14.8 Å². The molecule has 2 aliphatic rings. The summed E-state index contributed by atoms with van der Waals surface area (Å²) >= 11 is 0. The predicted octanol–water partition coefficient (Wildman–Crippen LogP) is 3.31. The third kappa shape index (κ3) is 3.83. The zero-order valence-electron chi connectivity index (χ0n) is 15.0. The second kappa shape index (κ2) is 7.38. The van der Waals surface area contributed by atoms with E-state index in [0.29, 0.717) is 11.3 Å². The number of fused-ring (bicyclic) bond motifs is 2. The molecule has 0 aromatic heterocycles. The Morgan fingerprint density at radius 2 is 1.65 bits per heavy atom. The predicted molar refractivity (Wildman–Crippen MR) is 99.9 cm³/mol. The fourth-order valence-electron chi connectivity index (χ4n) is 3.89. The molecule has 1 N–H and O–H groups in total. The molecule has 5 nitrogen and oxygen atoms in total. The molecule has 0 spiro atoms. The van der Waals surface area contributed by atoms with Crippen LogP contribution in [0.25, 0.3) is 0 Å². The summed E-state index contributed by atoms with van der Waals surface area (Å²) in [4.78, 5) is 15.0. The number of hydrogen-bond acceptors (Lipinski definition) is 4. The summed E-state index contributed by atoms with van der Waals surface area (Å²) in [6.07, 6.45) is 2.37. The number of hydrogen-bond donors (Lipinski definition) is 1. The van der Waals surface area contributed by atoms with E-state index < -0.39 is 0 Å². The molecule has 1 amide bonds. The summed E-state index contributed by atoms with van der Waals surface area (Å²) in [6, 6.07) is 14.9. The minimum absolute atomic E-state index is 0.00602. The SMILES string of the molecule is COc1ccc(Oc2ccc(C(=O)N[C@@H]3C[C@@H]4CCN(C4)C3)cc2)cc1. The molecule has 1 unspecified atom stereocenters. The summed E-state index contributed by atoms with van der Waals surface area (Å²) in [5.41, 5.74) is 0.667. The Balaban J connectivity index is 1.35. The smallest absolute Gasteiger partial charge is 0.251 e. The van der Waals surface area contributed by atoms with E-state index in [1.807, 2.05) is 48.5 Å². The molecule has 3 atom stereocenters. The highest BCUT2D eigenvalue weighted by Gasteiger charge is 2.32. The Kier molecular flexibility index (Phi) is 4.80. The van der Waals surface area contributed by atoms with E-state index in [4.69, 9.17) is 9.47 Å². The van der Waals surface area contributed by atoms with Gasteiger partial charge in [0.2, 0.25) is 0 Å². The van der Waals surface area contributed by atoms with Crippen molar-refractivity contribution in [2.45, 2.75) is 18.9 Å². The molecular formula is C21H24N2O3. The van der Waals surface area contributed by atoms with Crippen LogP contribution in [-0.4, -0.2) is 43.6 Å². The van der Waals surface area contributed by atoms with Gasteiger partial charge in [0, 0.05) is 24.7 Å². The average molecular weight is 352 g/mol. The molecule has 2 aromatic rings. The molecular weight excluding hydrogens is 328 g/mol. The Morgan fingerprint density at radius 1 is 1.00 bits per heavy atom. The highest BCUT2D eigenvalue weighted by Crippen LogP contribution is 2.27. The number of nitrogens with one attached hydrogen (secondary N) is 1. The monoisotopic (exact) mass is 352 g/mol. The van der Waals surface area contributed by atoms with Crippen molar-refractivity contribution in [1.29, 1.82) is 0 Å². The highest BCUT2D eigenvalue weighted by molar-refractivity contribution is 5.94. The Labute approximate surface area is 153 Å². The van der Waals surface area contributed by atoms with Gasteiger partial charge in [-0.2, -0.15) is 0 Å². The first-order chi connectivity index (χ1) is 12.7. The Morgan fingerprint density at radius 3 is 2.31 bits per heavy atom. The molecule has 136 valence electrons. The lowest BCUT2D eigenvalue weighted by Crippen LogP contribution is -2.46. The minimum Gasteiger partial charge on any atom is -0.497 e. The Bertz CT molecular complexity index is 746. The quantitative estimate of drug-likeness (QED) is 0.897. The molecule has 2 aromatic carbocycles. The number of methoxy groups -OCH3 is 1. The minimum atomic E-state index is -0.00602. The zero-order valence-corrected chi connectivity index (χ0v) is 15.0. The van der Waals surface area contributed by atoms with Crippen molar-refractivity contribution in [2.75, 3.05) is 26.7 Å². The summed E-state index contributed by atoms with van der Waals surface area (Å²) in [5.74, 6) is 2.96. The van der Waals surface area contributed by atoms with Crippen LogP contribution in [0.1, 0.15) is 23.2 Å². The van der Waals surface area contributed by atoms with Crippen molar-refractivity contribution in [2.24, 2.45) is 5.92 Å². The first-order valence-corrected chi connectivity index (χ1v) is 9.15. The molecule has 2 saturated heterocycles. The first-order valence-electron chi connectivity index (χ1n) is 9.15. The maximum atomic E-state index is 12.5. The fraction of sp³-hybridized carbons (Fsp3) is 0.381. The largest absolute Gasteiger partial charge is 0.497 e. The van der Waals surface area contributed by atoms with E-state index in [1.165, 1.54) is 19.5 Å². The molecule has 2 aliphatic heterocycles. The van der Waals surface area contributed by atoms with E-state index in [-0.39, 0.29) is 11.9 Å². The summed E-state index contributed by atoms with van der Waals surface area (Å²) in [7, 11) is 1.63. The molecule has 26 heavy (non-hydrogen) atoms. The van der Waals surface area contributed by atoms with Gasteiger partial charge in [0.15, 0.2) is 0 Å². The standard InChI is InChI=1S/C21H24N2O3/c1-25-18-6-8-20(9-7-18)26-19-4-2-16(3-5-19)21(24)22-17-12-15-10-11-23(13-15)14-17/h2-9,15,17H,10-14H2,1H3,(H,22,24)/t15-,17+/m0/s1. The van der Waals surface area contributed by atoms with Gasteiger partial charge in [-0.1, -0.05) is 0 Å². The maximum absolute atomic E-state index is 12.5. The molecule has 0 aliphatic carbocycles. The van der Waals surface area contributed by atoms with Crippen LogP contribution in [0, 0.1) is 5.92 Å². The summed E-state index contributed by atoms with van der Waals surface area (Å²) < 4.78 is 10.9. The normalized spacial score (nSPS) is 24.1. The van der Waals surface area contributed by atoms with Crippen molar-refractivity contribution in [3.63, 3.8) is 0 Å². The van der Waals surface area contributed by atoms with E-state index in [1.54, 1.807) is 7.11 Å². The van der Waals surface area contributed by atoms with Crippen molar-refractivity contribution < 1.29 is 14.3 Å². The Hall–Kier alpha value is -2.53. The van der Waals surface area contributed by atoms with Crippen molar-refractivity contribution in [1.82, 2.24) is 10.2 Å². The number of amides is 1. The second-order valence-corrected chi connectivity index (χ2v) is 7.12. The van der Waals surface area contributed by atoms with Crippen LogP contribution >= 0.6 is 0 Å².